The molecule has 2 fully saturated rings. The Balaban J connectivity index is 1.34. The van der Waals surface area contributed by atoms with E-state index in [0.29, 0.717) is 55.9 Å². The molecule has 4 rings (SSSR count). The number of benzene rings is 1. The van der Waals surface area contributed by atoms with Crippen molar-refractivity contribution in [3.8, 4) is 0 Å². The molecule has 0 spiro atoms. The third-order valence-electron chi connectivity index (χ3n) is 5.94. The summed E-state index contributed by atoms with van der Waals surface area (Å²) in [4.78, 5) is 20.4. The van der Waals surface area contributed by atoms with Crippen LogP contribution in [-0.4, -0.2) is 67.8 Å². The van der Waals surface area contributed by atoms with Gasteiger partial charge in [-0.1, -0.05) is 11.6 Å². The molecule has 2 aliphatic rings. The van der Waals surface area contributed by atoms with E-state index in [2.05, 4.69) is 4.98 Å². The average Bonchev–Trinajstić information content (AvgIpc) is 2.80. The molecule has 0 atom stereocenters. The maximum atomic E-state index is 14.0. The van der Waals surface area contributed by atoms with Gasteiger partial charge in [0.25, 0.3) is 0 Å². The third-order valence-corrected chi connectivity index (χ3v) is 8.15. The number of pyridine rings is 1. The molecule has 1 amide bonds. The molecule has 2 aromatic rings. The first-order valence-electron chi connectivity index (χ1n) is 10.4. The molecule has 2 aliphatic heterocycles. The Morgan fingerprint density at radius 1 is 1.03 bits per heavy atom. The van der Waals surface area contributed by atoms with Crippen molar-refractivity contribution >= 4 is 33.3 Å². The number of aromatic nitrogens is 1. The van der Waals surface area contributed by atoms with E-state index < -0.39 is 26.6 Å². The van der Waals surface area contributed by atoms with E-state index in [9.17, 15) is 22.0 Å². The number of halogens is 3. The van der Waals surface area contributed by atoms with Gasteiger partial charge in [-0.2, -0.15) is 4.31 Å². The minimum Gasteiger partial charge on any atom is -0.352 e. The van der Waals surface area contributed by atoms with Gasteiger partial charge in [-0.15, -0.1) is 0 Å². The van der Waals surface area contributed by atoms with Crippen molar-refractivity contribution in [3.05, 3.63) is 53.2 Å². The number of carbonyl (C=O) groups excluding carboxylic acids is 1. The van der Waals surface area contributed by atoms with E-state index >= 15 is 0 Å². The van der Waals surface area contributed by atoms with Crippen molar-refractivity contribution < 1.29 is 22.0 Å². The molecule has 0 aliphatic carbocycles. The fourth-order valence-corrected chi connectivity index (χ4v) is 5.95. The van der Waals surface area contributed by atoms with Crippen LogP contribution < -0.4 is 4.90 Å². The maximum Gasteiger partial charge on any atom is 0.246 e. The van der Waals surface area contributed by atoms with Crippen LogP contribution in [0, 0.1) is 17.6 Å². The Morgan fingerprint density at radius 3 is 2.38 bits per heavy atom. The molecule has 7 nitrogen and oxygen atoms in total. The van der Waals surface area contributed by atoms with Crippen LogP contribution in [0.4, 0.5) is 14.6 Å². The molecule has 0 bridgehead atoms. The predicted molar refractivity (Wildman–Crippen MR) is 116 cm³/mol. The van der Waals surface area contributed by atoms with Crippen LogP contribution in [0.2, 0.25) is 5.02 Å². The van der Waals surface area contributed by atoms with Crippen molar-refractivity contribution in [1.82, 2.24) is 14.2 Å². The summed E-state index contributed by atoms with van der Waals surface area (Å²) in [6.07, 6.45) is 2.35. The molecule has 0 saturated carbocycles. The highest BCUT2D eigenvalue weighted by Gasteiger charge is 2.36. The van der Waals surface area contributed by atoms with Crippen molar-refractivity contribution in [2.45, 2.75) is 17.7 Å². The van der Waals surface area contributed by atoms with Gasteiger partial charge in [0.1, 0.15) is 22.3 Å². The zero-order valence-corrected chi connectivity index (χ0v) is 18.8. The number of rotatable bonds is 4. The minimum atomic E-state index is -4.16. The second-order valence-corrected chi connectivity index (χ2v) is 10.2. The first kappa shape index (κ1) is 22.9. The van der Waals surface area contributed by atoms with E-state index in [0.717, 1.165) is 16.4 Å². The summed E-state index contributed by atoms with van der Waals surface area (Å²) in [6, 6.07) is 5.91. The van der Waals surface area contributed by atoms with E-state index in [1.165, 1.54) is 0 Å². The lowest BCUT2D eigenvalue weighted by molar-refractivity contribution is -0.137. The Labute approximate surface area is 190 Å². The number of carbonyl (C=O) groups is 1. The molecule has 0 unspecified atom stereocenters. The number of amides is 1. The quantitative estimate of drug-likeness (QED) is 0.667. The highest BCUT2D eigenvalue weighted by molar-refractivity contribution is 7.89. The van der Waals surface area contributed by atoms with Crippen LogP contribution in [0.5, 0.6) is 0 Å². The maximum absolute atomic E-state index is 14.0. The van der Waals surface area contributed by atoms with Gasteiger partial charge in [0, 0.05) is 51.4 Å². The molecule has 3 heterocycles. The molecule has 1 aromatic carbocycles. The third kappa shape index (κ3) is 4.57. The zero-order chi connectivity index (χ0) is 22.9. The summed E-state index contributed by atoms with van der Waals surface area (Å²) in [7, 11) is -4.16. The molecule has 0 N–H and O–H groups in total. The molecule has 0 radical (unpaired) electrons. The second-order valence-electron chi connectivity index (χ2n) is 7.87. The van der Waals surface area contributed by atoms with Gasteiger partial charge in [-0.05, 0) is 43.2 Å². The van der Waals surface area contributed by atoms with Gasteiger partial charge in [0.2, 0.25) is 15.9 Å². The van der Waals surface area contributed by atoms with Crippen molar-refractivity contribution in [2.24, 2.45) is 5.92 Å². The Kier molecular flexibility index (Phi) is 6.64. The first-order chi connectivity index (χ1) is 15.3. The van der Waals surface area contributed by atoms with Crippen LogP contribution in [0.25, 0.3) is 0 Å². The standard InChI is InChI=1S/C21H23ClF2N4O3S/c22-17-2-1-7-25-20(17)26-10-12-27(13-11-26)21(29)15-5-8-28(9-6-15)32(30,31)19-14-16(23)3-4-18(19)24/h1-4,7,14-15H,5-6,8-13H2. The number of hydrogen-bond acceptors (Lipinski definition) is 5. The molecule has 32 heavy (non-hydrogen) atoms. The van der Waals surface area contributed by atoms with Gasteiger partial charge in [-0.3, -0.25) is 4.79 Å². The lowest BCUT2D eigenvalue weighted by Gasteiger charge is -2.38. The smallest absolute Gasteiger partial charge is 0.246 e. The summed E-state index contributed by atoms with van der Waals surface area (Å²) in [5.74, 6) is -1.42. The number of hydrogen-bond donors (Lipinski definition) is 0. The SMILES string of the molecule is O=C(C1CCN(S(=O)(=O)c2cc(F)ccc2F)CC1)N1CCN(c2ncccc2Cl)CC1. The fourth-order valence-electron chi connectivity index (χ4n) is 4.16. The monoisotopic (exact) mass is 484 g/mol. The highest BCUT2D eigenvalue weighted by atomic mass is 35.5. The normalized spacial score (nSPS) is 18.7. The average molecular weight is 485 g/mol. The molecule has 1 aromatic heterocycles. The summed E-state index contributed by atoms with van der Waals surface area (Å²) >= 11 is 6.21. The van der Waals surface area contributed by atoms with Crippen LogP contribution >= 0.6 is 11.6 Å². The Bertz CT molecular complexity index is 1100. The topological polar surface area (TPSA) is 73.8 Å². The van der Waals surface area contributed by atoms with E-state index in [1.807, 2.05) is 4.90 Å². The number of nitrogens with zero attached hydrogens (tertiary/aromatic N) is 4. The Hall–Kier alpha value is -2.30. The molecule has 172 valence electrons. The summed E-state index contributed by atoms with van der Waals surface area (Å²) in [6.45, 7) is 2.43. The lowest BCUT2D eigenvalue weighted by Crippen LogP contribution is -2.52. The Morgan fingerprint density at radius 2 is 1.72 bits per heavy atom. The number of piperazine rings is 1. The van der Waals surface area contributed by atoms with Crippen LogP contribution in [0.15, 0.2) is 41.4 Å². The second kappa shape index (κ2) is 9.29. The molecular formula is C21H23ClF2N4O3S. The van der Waals surface area contributed by atoms with Gasteiger partial charge in [-0.25, -0.2) is 22.2 Å². The molecule has 2 saturated heterocycles. The van der Waals surface area contributed by atoms with Crippen LogP contribution in [0.3, 0.4) is 0 Å². The van der Waals surface area contributed by atoms with E-state index in [1.54, 1.807) is 23.2 Å². The predicted octanol–water partition coefficient (Wildman–Crippen LogP) is 2.76. The lowest BCUT2D eigenvalue weighted by atomic mass is 9.96. The van der Waals surface area contributed by atoms with Gasteiger partial charge in [0.05, 0.1) is 5.02 Å². The summed E-state index contributed by atoms with van der Waals surface area (Å²) in [5, 5.41) is 0.565. The van der Waals surface area contributed by atoms with E-state index in [4.69, 9.17) is 11.6 Å². The summed E-state index contributed by atoms with van der Waals surface area (Å²) < 4.78 is 54.1. The summed E-state index contributed by atoms with van der Waals surface area (Å²) in [5.41, 5.74) is 0. The van der Waals surface area contributed by atoms with Crippen molar-refractivity contribution in [3.63, 3.8) is 0 Å². The van der Waals surface area contributed by atoms with Gasteiger partial charge >= 0.3 is 0 Å². The largest absolute Gasteiger partial charge is 0.352 e. The van der Waals surface area contributed by atoms with Gasteiger partial charge < -0.3 is 9.80 Å². The van der Waals surface area contributed by atoms with Crippen LogP contribution in [-0.2, 0) is 14.8 Å². The minimum absolute atomic E-state index is 0.00856. The number of anilines is 1. The number of piperidine rings is 1. The zero-order valence-electron chi connectivity index (χ0n) is 17.3. The van der Waals surface area contributed by atoms with Gasteiger partial charge in [0.15, 0.2) is 0 Å². The van der Waals surface area contributed by atoms with E-state index in [-0.39, 0.29) is 24.9 Å². The van der Waals surface area contributed by atoms with Crippen molar-refractivity contribution in [1.29, 1.82) is 0 Å². The molecular weight excluding hydrogens is 462 g/mol. The van der Waals surface area contributed by atoms with Crippen molar-refractivity contribution in [2.75, 3.05) is 44.2 Å². The number of sulfonamides is 1. The first-order valence-corrected chi connectivity index (χ1v) is 12.2. The highest BCUT2D eigenvalue weighted by Crippen LogP contribution is 2.28. The fraction of sp³-hybridized carbons (Fsp3) is 0.429. The molecule has 11 heteroatoms. The van der Waals surface area contributed by atoms with Crippen LogP contribution in [0.1, 0.15) is 12.8 Å².